The molecule has 29 heavy (non-hydrogen) atoms. The number of ketones is 1. The van der Waals surface area contributed by atoms with Gasteiger partial charge in [0.05, 0.1) is 6.54 Å². The number of aryl methyl sites for hydroxylation is 1. The zero-order valence-corrected chi connectivity index (χ0v) is 16.6. The third-order valence-electron chi connectivity index (χ3n) is 6.07. The quantitative estimate of drug-likeness (QED) is 0.632. The van der Waals surface area contributed by atoms with E-state index in [9.17, 15) is 18.8 Å². The van der Waals surface area contributed by atoms with Gasteiger partial charge in [-0.25, -0.2) is 9.18 Å². The van der Waals surface area contributed by atoms with Crippen molar-refractivity contribution in [3.05, 3.63) is 53.1 Å². The van der Waals surface area contributed by atoms with Crippen LogP contribution in [-0.4, -0.2) is 39.3 Å². The Morgan fingerprint density at radius 3 is 2.41 bits per heavy atom. The van der Waals surface area contributed by atoms with Gasteiger partial charge in [0.25, 0.3) is 5.91 Å². The van der Waals surface area contributed by atoms with Crippen molar-refractivity contribution >= 4 is 17.7 Å². The van der Waals surface area contributed by atoms with Crippen LogP contribution in [-0.2, 0) is 4.79 Å². The molecule has 1 saturated carbocycles. The van der Waals surface area contributed by atoms with Gasteiger partial charge in [-0.3, -0.25) is 14.5 Å². The van der Waals surface area contributed by atoms with Crippen molar-refractivity contribution in [1.29, 1.82) is 0 Å². The maximum atomic E-state index is 13.2. The van der Waals surface area contributed by atoms with E-state index in [1.807, 2.05) is 11.5 Å². The fraction of sp³-hybridized carbons (Fsp3) is 0.409. The van der Waals surface area contributed by atoms with Crippen molar-refractivity contribution in [3.8, 4) is 5.69 Å². The number of rotatable bonds is 4. The third kappa shape index (κ3) is 3.24. The smallest absolute Gasteiger partial charge is 0.323 e. The van der Waals surface area contributed by atoms with E-state index >= 15 is 0 Å². The third-order valence-corrected chi connectivity index (χ3v) is 6.07. The molecule has 3 amide bonds. The zero-order chi connectivity index (χ0) is 20.8. The van der Waals surface area contributed by atoms with Crippen molar-refractivity contribution in [2.75, 3.05) is 6.54 Å². The zero-order valence-electron chi connectivity index (χ0n) is 16.6. The van der Waals surface area contributed by atoms with E-state index in [2.05, 4.69) is 5.32 Å². The second-order valence-electron chi connectivity index (χ2n) is 7.98. The summed E-state index contributed by atoms with van der Waals surface area (Å²) in [5.74, 6) is -0.909. The average Bonchev–Trinajstić information content (AvgIpc) is 3.11. The largest absolute Gasteiger partial charge is 0.325 e. The number of urea groups is 1. The molecule has 0 unspecified atom stereocenters. The van der Waals surface area contributed by atoms with E-state index in [1.165, 1.54) is 12.1 Å². The van der Waals surface area contributed by atoms with Crippen molar-refractivity contribution in [2.45, 2.75) is 51.5 Å². The Balaban J connectivity index is 1.58. The molecule has 1 saturated heterocycles. The van der Waals surface area contributed by atoms with Crippen LogP contribution in [0.15, 0.2) is 30.3 Å². The number of hydrogen-bond acceptors (Lipinski definition) is 3. The average molecular weight is 397 g/mol. The minimum absolute atomic E-state index is 0.278. The molecule has 1 spiro atoms. The molecule has 0 radical (unpaired) electrons. The van der Waals surface area contributed by atoms with E-state index in [1.54, 1.807) is 25.1 Å². The minimum atomic E-state index is -0.833. The molecule has 1 aliphatic carbocycles. The molecule has 2 heterocycles. The molecule has 0 atom stereocenters. The molecule has 1 aliphatic heterocycles. The number of nitrogens with zero attached hydrogens (tertiary/aromatic N) is 2. The number of nitrogens with one attached hydrogen (secondary N) is 1. The van der Waals surface area contributed by atoms with Gasteiger partial charge in [-0.05, 0) is 57.0 Å². The van der Waals surface area contributed by atoms with Crippen molar-refractivity contribution < 1.29 is 18.8 Å². The molecule has 7 heteroatoms. The van der Waals surface area contributed by atoms with Crippen LogP contribution in [0.1, 0.15) is 53.8 Å². The van der Waals surface area contributed by atoms with Crippen LogP contribution in [0.2, 0.25) is 0 Å². The number of Topliss-reactive ketones (excluding diaryl/α,β-unsaturated/α-hetero) is 1. The van der Waals surface area contributed by atoms with Crippen LogP contribution < -0.4 is 5.32 Å². The van der Waals surface area contributed by atoms with Crippen molar-refractivity contribution in [2.24, 2.45) is 0 Å². The molecule has 1 N–H and O–H groups in total. The van der Waals surface area contributed by atoms with E-state index in [0.29, 0.717) is 24.1 Å². The SMILES string of the molecule is Cc1cc(C(=O)CN2C(=O)NC3(CCCCC3)C2=O)c(C)n1-c1ccc(F)cc1. The number of amides is 3. The van der Waals surface area contributed by atoms with Gasteiger partial charge in [0.15, 0.2) is 5.78 Å². The lowest BCUT2D eigenvalue weighted by molar-refractivity contribution is -0.132. The van der Waals surface area contributed by atoms with Crippen LogP contribution >= 0.6 is 0 Å². The van der Waals surface area contributed by atoms with E-state index in [-0.39, 0.29) is 24.1 Å². The van der Waals surface area contributed by atoms with Gasteiger partial charge in [0.1, 0.15) is 11.4 Å². The molecule has 4 rings (SSSR count). The molecule has 2 fully saturated rings. The van der Waals surface area contributed by atoms with Gasteiger partial charge < -0.3 is 9.88 Å². The Hall–Kier alpha value is -2.96. The number of benzene rings is 1. The second-order valence-corrected chi connectivity index (χ2v) is 7.98. The first-order chi connectivity index (χ1) is 13.8. The summed E-state index contributed by atoms with van der Waals surface area (Å²) in [4.78, 5) is 39.4. The summed E-state index contributed by atoms with van der Waals surface area (Å²) in [6, 6.07) is 7.29. The highest BCUT2D eigenvalue weighted by molar-refractivity contribution is 6.11. The Morgan fingerprint density at radius 2 is 1.76 bits per heavy atom. The van der Waals surface area contributed by atoms with Gasteiger partial charge in [0.2, 0.25) is 0 Å². The summed E-state index contributed by atoms with van der Waals surface area (Å²) in [6.07, 6.45) is 4.10. The van der Waals surface area contributed by atoms with Gasteiger partial charge >= 0.3 is 6.03 Å². The number of carbonyl (C=O) groups excluding carboxylic acids is 3. The molecule has 0 bridgehead atoms. The lowest BCUT2D eigenvalue weighted by Gasteiger charge is -2.30. The minimum Gasteiger partial charge on any atom is -0.323 e. The van der Waals surface area contributed by atoms with E-state index in [0.717, 1.165) is 35.5 Å². The summed E-state index contributed by atoms with van der Waals surface area (Å²) >= 11 is 0. The number of imide groups is 1. The van der Waals surface area contributed by atoms with Crippen molar-refractivity contribution in [1.82, 2.24) is 14.8 Å². The van der Waals surface area contributed by atoms with Gasteiger partial charge in [0, 0.05) is 22.6 Å². The first-order valence-electron chi connectivity index (χ1n) is 9.94. The molecular formula is C22H24FN3O3. The Bertz CT molecular complexity index is 987. The highest BCUT2D eigenvalue weighted by atomic mass is 19.1. The lowest BCUT2D eigenvalue weighted by atomic mass is 9.82. The summed E-state index contributed by atoms with van der Waals surface area (Å²) in [7, 11) is 0. The predicted molar refractivity (Wildman–Crippen MR) is 106 cm³/mol. The van der Waals surface area contributed by atoms with E-state index in [4.69, 9.17) is 0 Å². The van der Waals surface area contributed by atoms with Crippen LogP contribution in [0.25, 0.3) is 5.69 Å². The predicted octanol–water partition coefficient (Wildman–Crippen LogP) is 3.67. The van der Waals surface area contributed by atoms with Crippen LogP contribution in [0.3, 0.4) is 0 Å². The van der Waals surface area contributed by atoms with Crippen LogP contribution in [0.5, 0.6) is 0 Å². The standard InChI is InChI=1S/C22H24FN3O3/c1-14-12-18(15(2)26(14)17-8-6-16(23)7-9-17)19(27)13-25-20(28)22(24-21(25)29)10-4-3-5-11-22/h6-9,12H,3-5,10-11,13H2,1-2H3,(H,24,29). The first-order valence-corrected chi connectivity index (χ1v) is 9.94. The molecule has 1 aromatic carbocycles. The number of halogens is 1. The summed E-state index contributed by atoms with van der Waals surface area (Å²) in [5, 5.41) is 2.83. The fourth-order valence-corrected chi connectivity index (χ4v) is 4.58. The molecule has 6 nitrogen and oxygen atoms in total. The normalized spacial score (nSPS) is 18.4. The van der Waals surface area contributed by atoms with E-state index < -0.39 is 11.6 Å². The van der Waals surface area contributed by atoms with Crippen LogP contribution in [0, 0.1) is 19.7 Å². The Labute approximate surface area is 168 Å². The topological polar surface area (TPSA) is 71.4 Å². The maximum Gasteiger partial charge on any atom is 0.325 e. The second kappa shape index (κ2) is 7.13. The lowest BCUT2D eigenvalue weighted by Crippen LogP contribution is -2.48. The molecule has 152 valence electrons. The van der Waals surface area contributed by atoms with Gasteiger partial charge in [-0.1, -0.05) is 19.3 Å². The van der Waals surface area contributed by atoms with Crippen LogP contribution in [0.4, 0.5) is 9.18 Å². The molecule has 2 aliphatic rings. The summed E-state index contributed by atoms with van der Waals surface area (Å²) < 4.78 is 15.1. The summed E-state index contributed by atoms with van der Waals surface area (Å²) in [5.41, 5.74) is 1.88. The summed E-state index contributed by atoms with van der Waals surface area (Å²) in [6.45, 7) is 3.39. The molecule has 2 aromatic rings. The Morgan fingerprint density at radius 1 is 1.10 bits per heavy atom. The van der Waals surface area contributed by atoms with Crippen molar-refractivity contribution in [3.63, 3.8) is 0 Å². The van der Waals surface area contributed by atoms with Gasteiger partial charge in [-0.2, -0.15) is 0 Å². The van der Waals surface area contributed by atoms with Gasteiger partial charge in [-0.15, -0.1) is 0 Å². The monoisotopic (exact) mass is 397 g/mol. The Kier molecular flexibility index (Phi) is 4.76. The number of aromatic nitrogens is 1. The highest BCUT2D eigenvalue weighted by Crippen LogP contribution is 2.34. The first kappa shape index (κ1) is 19.4. The maximum absolute atomic E-state index is 13.2. The fourth-order valence-electron chi connectivity index (χ4n) is 4.58. The highest BCUT2D eigenvalue weighted by Gasteiger charge is 2.51. The molecule has 1 aromatic heterocycles. The molecular weight excluding hydrogens is 373 g/mol. The number of carbonyl (C=O) groups is 3. The number of hydrogen-bond donors (Lipinski definition) is 1.